The highest BCUT2D eigenvalue weighted by Gasteiger charge is 2.26. The number of rotatable bonds is 6. The molecule has 0 unspecified atom stereocenters. The minimum absolute atomic E-state index is 0.0550. The molecule has 0 aromatic heterocycles. The molecule has 1 rings (SSSR count). The fourth-order valence-electron chi connectivity index (χ4n) is 2.07. The van der Waals surface area contributed by atoms with Crippen molar-refractivity contribution in [1.29, 1.82) is 0 Å². The molecule has 0 aliphatic carbocycles. The van der Waals surface area contributed by atoms with Gasteiger partial charge in [0.05, 0.1) is 12.5 Å². The Morgan fingerprint density at radius 3 is 2.47 bits per heavy atom. The first-order chi connectivity index (χ1) is 8.15. The molecule has 1 aliphatic heterocycles. The second kappa shape index (κ2) is 7.27. The predicted molar refractivity (Wildman–Crippen MR) is 64.8 cm³/mol. The van der Waals surface area contributed by atoms with Crippen LogP contribution < -0.4 is 5.32 Å². The summed E-state index contributed by atoms with van der Waals surface area (Å²) in [4.78, 5) is 24.7. The second-order valence-corrected chi connectivity index (χ2v) is 4.49. The van der Waals surface area contributed by atoms with Gasteiger partial charge in [-0.2, -0.15) is 0 Å². The lowest BCUT2D eigenvalue weighted by molar-refractivity contribution is -0.143. The topological polar surface area (TPSA) is 69.6 Å². The molecular weight excluding hydrogens is 220 g/mol. The van der Waals surface area contributed by atoms with Gasteiger partial charge in [0.2, 0.25) is 5.91 Å². The molecule has 0 aromatic rings. The molecule has 17 heavy (non-hydrogen) atoms. The van der Waals surface area contributed by atoms with Gasteiger partial charge in [0.1, 0.15) is 0 Å². The van der Waals surface area contributed by atoms with E-state index in [0.717, 1.165) is 38.8 Å². The van der Waals surface area contributed by atoms with Crippen molar-refractivity contribution < 1.29 is 14.7 Å². The number of nitrogens with zero attached hydrogens (tertiary/aromatic N) is 1. The minimum Gasteiger partial charge on any atom is -0.481 e. The highest BCUT2D eigenvalue weighted by Crippen LogP contribution is 2.11. The van der Waals surface area contributed by atoms with Gasteiger partial charge in [-0.15, -0.1) is 0 Å². The molecule has 1 saturated heterocycles. The number of hydrogen-bond acceptors (Lipinski definition) is 3. The Bertz CT molecular complexity index is 262. The van der Waals surface area contributed by atoms with Crippen molar-refractivity contribution in [2.45, 2.75) is 45.1 Å². The first-order valence-electron chi connectivity index (χ1n) is 6.39. The zero-order valence-electron chi connectivity index (χ0n) is 10.4. The molecule has 1 amide bonds. The minimum atomic E-state index is -0.927. The Hall–Kier alpha value is -1.10. The van der Waals surface area contributed by atoms with E-state index in [9.17, 15) is 9.59 Å². The molecule has 0 spiro atoms. The summed E-state index contributed by atoms with van der Waals surface area (Å²) >= 11 is 0. The van der Waals surface area contributed by atoms with Gasteiger partial charge in [-0.05, 0) is 32.2 Å². The molecule has 0 aromatic carbocycles. The van der Waals surface area contributed by atoms with Crippen LogP contribution in [0.2, 0.25) is 0 Å². The molecule has 5 nitrogen and oxygen atoms in total. The van der Waals surface area contributed by atoms with Gasteiger partial charge in [-0.3, -0.25) is 9.59 Å². The number of carboxylic acid groups (broad SMARTS) is 1. The summed E-state index contributed by atoms with van der Waals surface area (Å²) in [7, 11) is 0. The zero-order chi connectivity index (χ0) is 12.7. The third-order valence-corrected chi connectivity index (χ3v) is 2.99. The third kappa shape index (κ3) is 4.73. The number of hydrogen-bond donors (Lipinski definition) is 2. The number of amides is 1. The van der Waals surface area contributed by atoms with E-state index in [1.54, 1.807) is 4.90 Å². The van der Waals surface area contributed by atoms with Gasteiger partial charge in [-0.25, -0.2) is 0 Å². The highest BCUT2D eigenvalue weighted by molar-refractivity contribution is 5.86. The normalized spacial score (nSPS) is 17.8. The Kier molecular flexibility index (Phi) is 5.97. The van der Waals surface area contributed by atoms with Crippen LogP contribution in [0, 0.1) is 0 Å². The maximum absolute atomic E-state index is 12.1. The van der Waals surface area contributed by atoms with Crippen molar-refractivity contribution >= 4 is 11.9 Å². The molecule has 5 heteroatoms. The van der Waals surface area contributed by atoms with Crippen LogP contribution in [0.15, 0.2) is 0 Å². The number of aliphatic carboxylic acids is 1. The maximum Gasteiger partial charge on any atom is 0.305 e. The molecule has 2 N–H and O–H groups in total. The molecule has 0 radical (unpaired) electrons. The van der Waals surface area contributed by atoms with Gasteiger partial charge >= 0.3 is 5.97 Å². The van der Waals surface area contributed by atoms with Crippen molar-refractivity contribution in [2.24, 2.45) is 0 Å². The van der Waals surface area contributed by atoms with Crippen LogP contribution in [-0.4, -0.2) is 47.6 Å². The van der Waals surface area contributed by atoms with Crippen molar-refractivity contribution in [3.05, 3.63) is 0 Å². The zero-order valence-corrected chi connectivity index (χ0v) is 10.4. The Morgan fingerprint density at radius 1 is 1.29 bits per heavy atom. The Morgan fingerprint density at radius 2 is 1.94 bits per heavy atom. The summed E-state index contributed by atoms with van der Waals surface area (Å²) in [5, 5.41) is 11.8. The Balaban J connectivity index is 2.53. The van der Waals surface area contributed by atoms with Gasteiger partial charge < -0.3 is 15.3 Å². The molecule has 1 heterocycles. The van der Waals surface area contributed by atoms with Gasteiger partial charge in [0.25, 0.3) is 0 Å². The largest absolute Gasteiger partial charge is 0.481 e. The lowest BCUT2D eigenvalue weighted by Gasteiger charge is -2.30. The summed E-state index contributed by atoms with van der Waals surface area (Å²) in [5.41, 5.74) is 0. The van der Waals surface area contributed by atoms with Crippen molar-refractivity contribution in [3.8, 4) is 0 Å². The van der Waals surface area contributed by atoms with E-state index in [-0.39, 0.29) is 12.3 Å². The van der Waals surface area contributed by atoms with E-state index in [4.69, 9.17) is 5.11 Å². The van der Waals surface area contributed by atoms with Crippen molar-refractivity contribution in [1.82, 2.24) is 10.2 Å². The van der Waals surface area contributed by atoms with Crippen LogP contribution in [0.5, 0.6) is 0 Å². The lowest BCUT2D eigenvalue weighted by Crippen LogP contribution is -2.49. The van der Waals surface area contributed by atoms with Gasteiger partial charge in [-0.1, -0.05) is 6.92 Å². The number of carboxylic acids is 1. The summed E-state index contributed by atoms with van der Waals surface area (Å²) < 4.78 is 0. The Labute approximate surface area is 102 Å². The smallest absolute Gasteiger partial charge is 0.305 e. The van der Waals surface area contributed by atoms with Crippen molar-refractivity contribution in [2.75, 3.05) is 19.6 Å². The quantitative estimate of drug-likeness (QED) is 0.724. The lowest BCUT2D eigenvalue weighted by atomic mass is 10.1. The number of carbonyl (C=O) groups is 2. The molecule has 1 fully saturated rings. The van der Waals surface area contributed by atoms with Crippen LogP contribution in [0.25, 0.3) is 0 Å². The van der Waals surface area contributed by atoms with Crippen molar-refractivity contribution in [3.63, 3.8) is 0 Å². The summed E-state index contributed by atoms with van der Waals surface area (Å²) in [6.45, 7) is 4.21. The fraction of sp³-hybridized carbons (Fsp3) is 0.833. The van der Waals surface area contributed by atoms with Crippen LogP contribution in [-0.2, 0) is 9.59 Å². The van der Waals surface area contributed by atoms with Crippen LogP contribution in [0.3, 0.4) is 0 Å². The monoisotopic (exact) mass is 242 g/mol. The van der Waals surface area contributed by atoms with E-state index in [1.165, 1.54) is 0 Å². The van der Waals surface area contributed by atoms with Crippen LogP contribution >= 0.6 is 0 Å². The predicted octanol–water partition coefficient (Wildman–Crippen LogP) is 0.842. The molecule has 1 atom stereocenters. The maximum atomic E-state index is 12.1. The molecule has 0 bridgehead atoms. The first-order valence-corrected chi connectivity index (χ1v) is 6.39. The van der Waals surface area contributed by atoms with Gasteiger partial charge in [0, 0.05) is 13.1 Å². The number of likely N-dealkylation sites (tertiary alicyclic amines) is 1. The SMILES string of the molecule is CCCN[C@@H](CC(=O)O)C(=O)N1CCCCC1. The summed E-state index contributed by atoms with van der Waals surface area (Å²) in [6.07, 6.45) is 3.98. The van der Waals surface area contributed by atoms with Gasteiger partial charge in [0.15, 0.2) is 0 Å². The molecule has 0 saturated carbocycles. The third-order valence-electron chi connectivity index (χ3n) is 2.99. The van der Waals surface area contributed by atoms with E-state index in [2.05, 4.69) is 5.32 Å². The second-order valence-electron chi connectivity index (χ2n) is 4.49. The van der Waals surface area contributed by atoms with E-state index in [1.807, 2.05) is 6.92 Å². The number of nitrogens with one attached hydrogen (secondary N) is 1. The first kappa shape index (κ1) is 14.0. The molecular formula is C12H22N2O3. The van der Waals surface area contributed by atoms with E-state index >= 15 is 0 Å². The van der Waals surface area contributed by atoms with Crippen LogP contribution in [0.1, 0.15) is 39.0 Å². The molecule has 98 valence electrons. The number of piperidine rings is 1. The van der Waals surface area contributed by atoms with E-state index < -0.39 is 12.0 Å². The van der Waals surface area contributed by atoms with Crippen LogP contribution in [0.4, 0.5) is 0 Å². The average Bonchev–Trinajstić information content (AvgIpc) is 2.34. The number of carbonyl (C=O) groups excluding carboxylic acids is 1. The standard InChI is InChI=1S/C12H22N2O3/c1-2-6-13-10(9-11(15)16)12(17)14-7-4-3-5-8-14/h10,13H,2-9H2,1H3,(H,15,16)/t10-/m0/s1. The molecule has 1 aliphatic rings. The summed E-state index contributed by atoms with van der Waals surface area (Å²) in [6, 6.07) is -0.564. The van der Waals surface area contributed by atoms with E-state index in [0.29, 0.717) is 6.54 Å². The summed E-state index contributed by atoms with van der Waals surface area (Å²) in [5.74, 6) is -0.982. The highest BCUT2D eigenvalue weighted by atomic mass is 16.4. The fourth-order valence-corrected chi connectivity index (χ4v) is 2.07. The average molecular weight is 242 g/mol.